The van der Waals surface area contributed by atoms with Crippen molar-refractivity contribution in [3.8, 4) is 0 Å². The fraction of sp³-hybridized carbons (Fsp3) is 0.739. The fourth-order valence-electron chi connectivity index (χ4n) is 4.52. The van der Waals surface area contributed by atoms with Crippen molar-refractivity contribution in [1.82, 2.24) is 0 Å². The van der Waals surface area contributed by atoms with Gasteiger partial charge in [0.15, 0.2) is 0 Å². The molecule has 0 radical (unpaired) electrons. The molecular formula is C23H37LiO7. The van der Waals surface area contributed by atoms with Gasteiger partial charge in [-0.3, -0.25) is 9.59 Å². The van der Waals surface area contributed by atoms with Crippen LogP contribution in [0.1, 0.15) is 59.3 Å². The van der Waals surface area contributed by atoms with Crippen molar-refractivity contribution in [3.63, 3.8) is 0 Å². The number of carbonyl (C=O) groups is 2. The molecule has 0 aromatic rings. The Morgan fingerprint density at radius 3 is 2.55 bits per heavy atom. The summed E-state index contributed by atoms with van der Waals surface area (Å²) >= 11 is 0. The van der Waals surface area contributed by atoms with E-state index in [-0.39, 0.29) is 61.3 Å². The third-order valence-corrected chi connectivity index (χ3v) is 6.44. The van der Waals surface area contributed by atoms with Crippen LogP contribution in [0, 0.1) is 23.7 Å². The third-order valence-electron chi connectivity index (χ3n) is 6.44. The number of fused-ring (bicyclic) bond motifs is 1. The number of carboxylic acid groups (broad SMARTS) is 1. The Labute approximate surface area is 196 Å². The molecule has 0 spiro atoms. The third kappa shape index (κ3) is 8.07. The minimum absolute atomic E-state index is 0. The molecule has 2 aliphatic rings. The molecular weight excluding hydrogens is 395 g/mol. The second-order valence-corrected chi connectivity index (χ2v) is 8.88. The molecule has 0 bridgehead atoms. The summed E-state index contributed by atoms with van der Waals surface area (Å²) in [4.78, 5) is 23.1. The predicted octanol–water partition coefficient (Wildman–Crippen LogP) is 1.79. The first-order valence-electron chi connectivity index (χ1n) is 11.0. The molecule has 8 atom stereocenters. The average molecular weight is 432 g/mol. The maximum atomic E-state index is 12.4. The van der Waals surface area contributed by atoms with E-state index < -0.39 is 30.4 Å². The predicted molar refractivity (Wildman–Crippen MR) is 119 cm³/mol. The van der Waals surface area contributed by atoms with Crippen LogP contribution in [0.3, 0.4) is 0 Å². The minimum atomic E-state index is -1.10. The van der Waals surface area contributed by atoms with Crippen molar-refractivity contribution < 1.29 is 34.8 Å². The molecule has 2 rings (SSSR count). The van der Waals surface area contributed by atoms with Crippen molar-refractivity contribution in [1.29, 1.82) is 0 Å². The Kier molecular flexibility index (Phi) is 11.5. The first-order valence-corrected chi connectivity index (χ1v) is 11.0. The van der Waals surface area contributed by atoms with E-state index in [9.17, 15) is 24.9 Å². The molecule has 0 aromatic carbocycles. The molecule has 4 N–H and O–H groups in total. The summed E-state index contributed by atoms with van der Waals surface area (Å²) in [5.74, 6) is -1.31. The van der Waals surface area contributed by atoms with Crippen LogP contribution >= 0.6 is 0 Å². The van der Waals surface area contributed by atoms with E-state index in [4.69, 9.17) is 9.84 Å². The fourth-order valence-corrected chi connectivity index (χ4v) is 4.52. The van der Waals surface area contributed by atoms with Crippen molar-refractivity contribution in [2.45, 2.75) is 83.7 Å². The van der Waals surface area contributed by atoms with Gasteiger partial charge in [-0.2, -0.15) is 0 Å². The Hall–Kier alpha value is -1.10. The first-order chi connectivity index (χ1) is 14.1. The molecule has 31 heavy (non-hydrogen) atoms. The van der Waals surface area contributed by atoms with Crippen molar-refractivity contribution in [2.75, 3.05) is 0 Å². The van der Waals surface area contributed by atoms with E-state index in [2.05, 4.69) is 13.0 Å². The van der Waals surface area contributed by atoms with E-state index in [1.807, 2.05) is 26.0 Å². The van der Waals surface area contributed by atoms with Crippen LogP contribution in [0.25, 0.3) is 0 Å². The van der Waals surface area contributed by atoms with Crippen LogP contribution in [-0.4, -0.2) is 75.6 Å². The number of carboxylic acids is 1. The molecule has 2 aliphatic carbocycles. The maximum absolute atomic E-state index is 12.4. The molecule has 1 unspecified atom stereocenters. The monoisotopic (exact) mass is 432 g/mol. The summed E-state index contributed by atoms with van der Waals surface area (Å²) in [6.07, 6.45) is 4.64. The number of esters is 1. The number of allylic oxidation sites excluding steroid dienone is 2. The van der Waals surface area contributed by atoms with Gasteiger partial charge >= 0.3 is 30.8 Å². The Bertz CT molecular complexity index is 662. The van der Waals surface area contributed by atoms with Crippen LogP contribution in [0.4, 0.5) is 0 Å². The van der Waals surface area contributed by atoms with Crippen LogP contribution in [0.2, 0.25) is 0 Å². The zero-order valence-electron chi connectivity index (χ0n) is 18.1. The second kappa shape index (κ2) is 12.8. The van der Waals surface area contributed by atoms with Gasteiger partial charge < -0.3 is 25.2 Å². The second-order valence-electron chi connectivity index (χ2n) is 8.88. The number of hydrogen-bond acceptors (Lipinski definition) is 6. The molecule has 0 fully saturated rings. The number of ether oxygens (including phenoxy) is 1. The Morgan fingerprint density at radius 2 is 1.94 bits per heavy atom. The van der Waals surface area contributed by atoms with E-state index in [1.54, 1.807) is 0 Å². The number of hydrogen-bond donors (Lipinski definition) is 4. The summed E-state index contributed by atoms with van der Waals surface area (Å²) in [5.41, 5.74) is 0.958. The first kappa shape index (κ1) is 27.9. The molecule has 8 heteroatoms. The summed E-state index contributed by atoms with van der Waals surface area (Å²) in [7, 11) is 0. The van der Waals surface area contributed by atoms with E-state index in [0.717, 1.165) is 5.57 Å². The summed E-state index contributed by atoms with van der Waals surface area (Å²) in [6, 6.07) is 0. The van der Waals surface area contributed by atoms with Gasteiger partial charge in [0, 0.05) is 12.3 Å². The number of aliphatic hydroxyl groups is 3. The molecule has 0 heterocycles. The zero-order valence-corrected chi connectivity index (χ0v) is 18.1. The molecule has 0 amide bonds. The van der Waals surface area contributed by atoms with E-state index in [0.29, 0.717) is 25.7 Å². The zero-order chi connectivity index (χ0) is 22.4. The number of rotatable bonds is 10. The van der Waals surface area contributed by atoms with Crippen LogP contribution in [0.15, 0.2) is 23.8 Å². The normalized spacial score (nSPS) is 30.3. The number of aliphatic carboxylic acids is 1. The SMILES string of the molecule is CC[C@H](C)C(=O)O[C@H]1C[C@H](O)C=C2C=C[C@H](C)[C@H](CC[C@@H](O)CC(O)CC(=O)O)[C@H]21.[LiH]. The van der Waals surface area contributed by atoms with Crippen LogP contribution in [0.5, 0.6) is 0 Å². The standard InChI is InChI=1S/C23H36O7.Li.H/c1-4-13(2)23(29)30-20-11-17(25)9-15-6-5-14(3)19(22(15)20)8-7-16(24)10-18(26)12-21(27)28;;/h5-6,9,13-14,16-20,22,24-26H,4,7-8,10-12H2,1-3H3,(H,27,28);;/t13-,14-,16+,17+,18?,19-,20-,22-;;/m0../s1. The van der Waals surface area contributed by atoms with Gasteiger partial charge in [0.05, 0.1) is 30.7 Å². The summed E-state index contributed by atoms with van der Waals surface area (Å²) in [6.45, 7) is 5.85. The topological polar surface area (TPSA) is 124 Å². The Balaban J connectivity index is 0.00000480. The van der Waals surface area contributed by atoms with Gasteiger partial charge in [0.1, 0.15) is 6.10 Å². The van der Waals surface area contributed by atoms with Crippen molar-refractivity contribution >= 4 is 30.8 Å². The molecule has 7 nitrogen and oxygen atoms in total. The van der Waals surface area contributed by atoms with Gasteiger partial charge in [-0.1, -0.05) is 39.0 Å². The van der Waals surface area contributed by atoms with Gasteiger partial charge in [0.25, 0.3) is 0 Å². The summed E-state index contributed by atoms with van der Waals surface area (Å²) in [5, 5.41) is 39.1. The van der Waals surface area contributed by atoms with E-state index in [1.165, 1.54) is 0 Å². The molecule has 0 aromatic heterocycles. The van der Waals surface area contributed by atoms with E-state index >= 15 is 0 Å². The van der Waals surface area contributed by atoms with Crippen molar-refractivity contribution in [2.24, 2.45) is 23.7 Å². The van der Waals surface area contributed by atoms with Crippen LogP contribution < -0.4 is 0 Å². The van der Waals surface area contributed by atoms with Crippen molar-refractivity contribution in [3.05, 3.63) is 23.8 Å². The number of aliphatic hydroxyl groups excluding tert-OH is 3. The van der Waals surface area contributed by atoms with Gasteiger partial charge in [0.2, 0.25) is 0 Å². The average Bonchev–Trinajstić information content (AvgIpc) is 2.65. The quantitative estimate of drug-likeness (QED) is 0.306. The molecule has 0 saturated heterocycles. The van der Waals surface area contributed by atoms with Gasteiger partial charge in [-0.25, -0.2) is 0 Å². The van der Waals surface area contributed by atoms with Gasteiger partial charge in [-0.05, 0) is 43.1 Å². The molecule has 0 aliphatic heterocycles. The summed E-state index contributed by atoms with van der Waals surface area (Å²) < 4.78 is 5.84. The Morgan fingerprint density at radius 1 is 1.26 bits per heavy atom. The number of carbonyl (C=O) groups excluding carboxylic acids is 1. The molecule has 0 saturated carbocycles. The van der Waals surface area contributed by atoms with Gasteiger partial charge in [-0.15, -0.1) is 0 Å². The molecule has 172 valence electrons. The van der Waals surface area contributed by atoms with Crippen LogP contribution in [-0.2, 0) is 14.3 Å².